The molecule has 0 saturated carbocycles. The van der Waals surface area contributed by atoms with E-state index in [0.29, 0.717) is 0 Å². The monoisotopic (exact) mass is 190 g/mol. The zero-order valence-electron chi connectivity index (χ0n) is 9.66. The summed E-state index contributed by atoms with van der Waals surface area (Å²) in [4.78, 5) is 0. The molecule has 2 unspecified atom stereocenters. The Morgan fingerprint density at radius 2 is 1.71 bits per heavy atom. The quantitative estimate of drug-likeness (QED) is 0.635. The van der Waals surface area contributed by atoms with Gasteiger partial charge in [-0.2, -0.15) is 0 Å². The van der Waals surface area contributed by atoms with Crippen molar-refractivity contribution in [3.05, 3.63) is 35.9 Å². The lowest BCUT2D eigenvalue weighted by Crippen LogP contribution is -2.08. The Balaban J connectivity index is 2.71. The van der Waals surface area contributed by atoms with Crippen LogP contribution in [0.5, 0.6) is 0 Å². The SMILES string of the molecule is CCCC(C)C(CC)c1ccccc1. The van der Waals surface area contributed by atoms with E-state index in [1.54, 1.807) is 0 Å². The van der Waals surface area contributed by atoms with Crippen LogP contribution in [0.1, 0.15) is 51.5 Å². The lowest BCUT2D eigenvalue weighted by Gasteiger charge is -2.22. The van der Waals surface area contributed by atoms with Crippen molar-refractivity contribution in [1.82, 2.24) is 0 Å². The van der Waals surface area contributed by atoms with Gasteiger partial charge in [0, 0.05) is 0 Å². The molecule has 0 aliphatic rings. The first-order valence-corrected chi connectivity index (χ1v) is 5.84. The van der Waals surface area contributed by atoms with E-state index in [1.165, 1.54) is 24.8 Å². The summed E-state index contributed by atoms with van der Waals surface area (Å²) < 4.78 is 0. The van der Waals surface area contributed by atoms with E-state index in [4.69, 9.17) is 0 Å². The maximum atomic E-state index is 2.38. The predicted molar refractivity (Wildman–Crippen MR) is 63.5 cm³/mol. The largest absolute Gasteiger partial charge is 0.0654 e. The van der Waals surface area contributed by atoms with Crippen LogP contribution in [-0.4, -0.2) is 0 Å². The van der Waals surface area contributed by atoms with Crippen LogP contribution in [-0.2, 0) is 0 Å². The molecule has 0 saturated heterocycles. The second kappa shape index (κ2) is 5.85. The molecule has 78 valence electrons. The number of rotatable bonds is 5. The lowest BCUT2D eigenvalue weighted by molar-refractivity contribution is 0.415. The second-order valence-electron chi connectivity index (χ2n) is 4.19. The molecule has 0 aromatic heterocycles. The van der Waals surface area contributed by atoms with Crippen LogP contribution in [0.4, 0.5) is 0 Å². The van der Waals surface area contributed by atoms with Crippen molar-refractivity contribution in [2.24, 2.45) is 5.92 Å². The zero-order valence-corrected chi connectivity index (χ0v) is 9.66. The van der Waals surface area contributed by atoms with Crippen LogP contribution in [0.2, 0.25) is 0 Å². The Labute approximate surface area is 88.4 Å². The van der Waals surface area contributed by atoms with Crippen LogP contribution < -0.4 is 0 Å². The summed E-state index contributed by atoms with van der Waals surface area (Å²) in [5.41, 5.74) is 1.51. The van der Waals surface area contributed by atoms with Crippen molar-refractivity contribution in [3.63, 3.8) is 0 Å². The molecule has 1 aromatic carbocycles. The normalized spacial score (nSPS) is 15.1. The summed E-state index contributed by atoms with van der Waals surface area (Å²) >= 11 is 0. The molecule has 0 heterocycles. The Hall–Kier alpha value is -0.780. The topological polar surface area (TPSA) is 0 Å². The summed E-state index contributed by atoms with van der Waals surface area (Å²) in [6, 6.07) is 10.9. The standard InChI is InChI=1S/C14H22/c1-4-9-12(3)14(5-2)13-10-7-6-8-11-13/h6-8,10-12,14H,4-5,9H2,1-3H3. The van der Waals surface area contributed by atoms with Gasteiger partial charge in [0.15, 0.2) is 0 Å². The van der Waals surface area contributed by atoms with E-state index >= 15 is 0 Å². The van der Waals surface area contributed by atoms with E-state index in [-0.39, 0.29) is 0 Å². The van der Waals surface area contributed by atoms with E-state index < -0.39 is 0 Å². The first-order valence-electron chi connectivity index (χ1n) is 5.84. The average molecular weight is 190 g/mol. The second-order valence-corrected chi connectivity index (χ2v) is 4.19. The van der Waals surface area contributed by atoms with Gasteiger partial charge < -0.3 is 0 Å². The molecular weight excluding hydrogens is 168 g/mol. The van der Waals surface area contributed by atoms with Crippen LogP contribution in [0.25, 0.3) is 0 Å². The van der Waals surface area contributed by atoms with Gasteiger partial charge in [0.2, 0.25) is 0 Å². The summed E-state index contributed by atoms with van der Waals surface area (Å²) in [7, 11) is 0. The molecule has 2 atom stereocenters. The van der Waals surface area contributed by atoms with Crippen LogP contribution in [0, 0.1) is 5.92 Å². The summed E-state index contributed by atoms with van der Waals surface area (Å²) in [6.45, 7) is 6.95. The van der Waals surface area contributed by atoms with Gasteiger partial charge in [-0.15, -0.1) is 0 Å². The third-order valence-corrected chi connectivity index (χ3v) is 3.10. The molecule has 0 amide bonds. The van der Waals surface area contributed by atoms with Crippen LogP contribution >= 0.6 is 0 Å². The summed E-state index contributed by atoms with van der Waals surface area (Å²) in [6.07, 6.45) is 3.89. The van der Waals surface area contributed by atoms with Gasteiger partial charge in [0.25, 0.3) is 0 Å². The van der Waals surface area contributed by atoms with Gasteiger partial charge in [-0.1, -0.05) is 63.9 Å². The van der Waals surface area contributed by atoms with E-state index in [9.17, 15) is 0 Å². The Kier molecular flexibility index (Phi) is 4.72. The molecule has 0 aliphatic carbocycles. The highest BCUT2D eigenvalue weighted by molar-refractivity contribution is 5.19. The number of hydrogen-bond donors (Lipinski definition) is 0. The lowest BCUT2D eigenvalue weighted by atomic mass is 9.83. The molecule has 0 spiro atoms. The third kappa shape index (κ3) is 2.87. The fourth-order valence-electron chi connectivity index (χ4n) is 2.32. The van der Waals surface area contributed by atoms with Crippen molar-refractivity contribution in [3.8, 4) is 0 Å². The highest BCUT2D eigenvalue weighted by Gasteiger charge is 2.15. The van der Waals surface area contributed by atoms with E-state index in [1.807, 2.05) is 0 Å². The molecular formula is C14H22. The maximum absolute atomic E-state index is 2.38. The van der Waals surface area contributed by atoms with Gasteiger partial charge >= 0.3 is 0 Å². The predicted octanol–water partition coefficient (Wildman–Crippen LogP) is 4.62. The third-order valence-electron chi connectivity index (χ3n) is 3.10. The first kappa shape index (κ1) is 11.3. The van der Waals surface area contributed by atoms with Crippen LogP contribution in [0.3, 0.4) is 0 Å². The highest BCUT2D eigenvalue weighted by Crippen LogP contribution is 2.30. The Morgan fingerprint density at radius 3 is 2.21 bits per heavy atom. The minimum Gasteiger partial charge on any atom is -0.0654 e. The van der Waals surface area contributed by atoms with Gasteiger partial charge in [0.05, 0.1) is 0 Å². The van der Waals surface area contributed by atoms with Crippen molar-refractivity contribution in [1.29, 1.82) is 0 Å². The molecule has 0 radical (unpaired) electrons. The molecule has 0 fully saturated rings. The fourth-order valence-corrected chi connectivity index (χ4v) is 2.32. The minimum absolute atomic E-state index is 0.746. The molecule has 0 heteroatoms. The van der Waals surface area contributed by atoms with Gasteiger partial charge in [-0.05, 0) is 23.8 Å². The van der Waals surface area contributed by atoms with Gasteiger partial charge in [0.1, 0.15) is 0 Å². The number of benzene rings is 1. The average Bonchev–Trinajstić information content (AvgIpc) is 2.21. The molecule has 0 nitrogen and oxygen atoms in total. The molecule has 0 aliphatic heterocycles. The zero-order chi connectivity index (χ0) is 10.4. The van der Waals surface area contributed by atoms with Crippen molar-refractivity contribution >= 4 is 0 Å². The van der Waals surface area contributed by atoms with Crippen molar-refractivity contribution in [2.45, 2.75) is 46.0 Å². The highest BCUT2D eigenvalue weighted by atomic mass is 14.2. The molecule has 14 heavy (non-hydrogen) atoms. The number of hydrogen-bond acceptors (Lipinski definition) is 0. The fraction of sp³-hybridized carbons (Fsp3) is 0.571. The molecule has 1 aromatic rings. The van der Waals surface area contributed by atoms with Crippen molar-refractivity contribution in [2.75, 3.05) is 0 Å². The smallest absolute Gasteiger partial charge is 0.0139 e. The minimum atomic E-state index is 0.746. The first-order chi connectivity index (χ1) is 6.79. The van der Waals surface area contributed by atoms with Crippen LogP contribution in [0.15, 0.2) is 30.3 Å². The summed E-state index contributed by atoms with van der Waals surface area (Å²) in [5.74, 6) is 1.56. The molecule has 1 rings (SSSR count). The Bertz CT molecular complexity index is 237. The van der Waals surface area contributed by atoms with Crippen molar-refractivity contribution < 1.29 is 0 Å². The van der Waals surface area contributed by atoms with Gasteiger partial charge in [-0.3, -0.25) is 0 Å². The van der Waals surface area contributed by atoms with E-state index in [2.05, 4.69) is 51.1 Å². The maximum Gasteiger partial charge on any atom is -0.0139 e. The molecule has 0 bridgehead atoms. The summed E-state index contributed by atoms with van der Waals surface area (Å²) in [5, 5.41) is 0. The molecule has 0 N–H and O–H groups in total. The van der Waals surface area contributed by atoms with Gasteiger partial charge in [-0.25, -0.2) is 0 Å². The van der Waals surface area contributed by atoms with E-state index in [0.717, 1.165) is 11.8 Å². The Morgan fingerprint density at radius 1 is 1.07 bits per heavy atom.